The Bertz CT molecular complexity index is 401. The molecule has 6 heteroatoms. The van der Waals surface area contributed by atoms with Crippen LogP contribution in [-0.4, -0.2) is 21.9 Å². The summed E-state index contributed by atoms with van der Waals surface area (Å²) in [7, 11) is 0. The van der Waals surface area contributed by atoms with Crippen molar-refractivity contribution in [3.8, 4) is 0 Å². The number of rotatable bonds is 4. The van der Waals surface area contributed by atoms with Gasteiger partial charge in [-0.05, 0) is 12.8 Å². The standard InChI is InChI=1S/C10H15N3OS2/c1-5(2)7(9(11)15)13-10(14)8-6(3)12-4-16-8/h4-5,7H,1-3H3,(H2,11,15)(H,13,14). The van der Waals surface area contributed by atoms with Gasteiger partial charge in [-0.3, -0.25) is 4.79 Å². The number of aromatic nitrogens is 1. The van der Waals surface area contributed by atoms with Crippen molar-refractivity contribution in [2.45, 2.75) is 26.8 Å². The maximum atomic E-state index is 11.9. The monoisotopic (exact) mass is 257 g/mol. The van der Waals surface area contributed by atoms with Crippen LogP contribution in [0.5, 0.6) is 0 Å². The number of carbonyl (C=O) groups is 1. The van der Waals surface area contributed by atoms with Crippen LogP contribution >= 0.6 is 23.6 Å². The topological polar surface area (TPSA) is 68.0 Å². The summed E-state index contributed by atoms with van der Waals surface area (Å²) in [5, 5.41) is 2.82. The van der Waals surface area contributed by atoms with Gasteiger partial charge in [0.25, 0.3) is 5.91 Å². The second-order valence-electron chi connectivity index (χ2n) is 3.86. The zero-order chi connectivity index (χ0) is 12.3. The van der Waals surface area contributed by atoms with E-state index in [0.29, 0.717) is 9.87 Å². The minimum absolute atomic E-state index is 0.161. The summed E-state index contributed by atoms with van der Waals surface area (Å²) in [5.74, 6) is 0.0150. The van der Waals surface area contributed by atoms with Crippen molar-refractivity contribution in [2.75, 3.05) is 0 Å². The van der Waals surface area contributed by atoms with Crippen LogP contribution < -0.4 is 11.1 Å². The van der Waals surface area contributed by atoms with Crippen LogP contribution in [0.1, 0.15) is 29.2 Å². The maximum Gasteiger partial charge on any atom is 0.263 e. The molecule has 0 spiro atoms. The second kappa shape index (κ2) is 5.36. The predicted molar refractivity (Wildman–Crippen MR) is 69.7 cm³/mol. The van der Waals surface area contributed by atoms with Crippen LogP contribution in [0.25, 0.3) is 0 Å². The van der Waals surface area contributed by atoms with E-state index in [0.717, 1.165) is 5.69 Å². The van der Waals surface area contributed by atoms with Crippen LogP contribution in [0.3, 0.4) is 0 Å². The van der Waals surface area contributed by atoms with E-state index in [4.69, 9.17) is 18.0 Å². The van der Waals surface area contributed by atoms with E-state index in [9.17, 15) is 4.79 Å². The summed E-state index contributed by atoms with van der Waals surface area (Å²) < 4.78 is 0. The molecular formula is C10H15N3OS2. The number of amides is 1. The summed E-state index contributed by atoms with van der Waals surface area (Å²) in [5.41, 5.74) is 7.96. The van der Waals surface area contributed by atoms with Crippen LogP contribution in [-0.2, 0) is 0 Å². The third kappa shape index (κ3) is 2.99. The van der Waals surface area contributed by atoms with E-state index in [1.807, 2.05) is 13.8 Å². The summed E-state index contributed by atoms with van der Waals surface area (Å²) in [4.78, 5) is 16.8. The number of hydrogen-bond donors (Lipinski definition) is 2. The second-order valence-corrected chi connectivity index (χ2v) is 5.19. The Labute approximate surface area is 104 Å². The number of carbonyl (C=O) groups excluding carboxylic acids is 1. The molecule has 0 saturated heterocycles. The van der Waals surface area contributed by atoms with Gasteiger partial charge in [-0.2, -0.15) is 0 Å². The van der Waals surface area contributed by atoms with E-state index in [1.165, 1.54) is 11.3 Å². The molecule has 0 aliphatic heterocycles. The molecule has 1 aromatic heterocycles. The van der Waals surface area contributed by atoms with Crippen LogP contribution in [0, 0.1) is 12.8 Å². The molecule has 88 valence electrons. The lowest BCUT2D eigenvalue weighted by Gasteiger charge is -2.20. The predicted octanol–water partition coefficient (Wildman–Crippen LogP) is 1.49. The highest BCUT2D eigenvalue weighted by Crippen LogP contribution is 2.13. The molecule has 0 saturated carbocycles. The zero-order valence-corrected chi connectivity index (χ0v) is 11.1. The van der Waals surface area contributed by atoms with Gasteiger partial charge in [0.05, 0.1) is 22.2 Å². The van der Waals surface area contributed by atoms with Crippen molar-refractivity contribution >= 4 is 34.5 Å². The van der Waals surface area contributed by atoms with Crippen molar-refractivity contribution < 1.29 is 4.79 Å². The molecule has 4 nitrogen and oxygen atoms in total. The minimum Gasteiger partial charge on any atom is -0.392 e. The molecule has 0 aliphatic carbocycles. The third-order valence-corrected chi connectivity index (χ3v) is 3.39. The highest BCUT2D eigenvalue weighted by atomic mass is 32.1. The van der Waals surface area contributed by atoms with Gasteiger partial charge in [0, 0.05) is 0 Å². The average Bonchev–Trinajstić information content (AvgIpc) is 2.59. The molecule has 16 heavy (non-hydrogen) atoms. The largest absolute Gasteiger partial charge is 0.392 e. The molecule has 0 radical (unpaired) electrons. The molecule has 0 bridgehead atoms. The maximum absolute atomic E-state index is 11.9. The van der Waals surface area contributed by atoms with E-state index in [2.05, 4.69) is 10.3 Å². The van der Waals surface area contributed by atoms with Gasteiger partial charge < -0.3 is 11.1 Å². The number of nitrogens with zero attached hydrogens (tertiary/aromatic N) is 1. The first kappa shape index (κ1) is 13.1. The molecule has 0 aliphatic rings. The number of hydrogen-bond acceptors (Lipinski definition) is 4. The fourth-order valence-corrected chi connectivity index (χ4v) is 2.33. The van der Waals surface area contributed by atoms with Crippen LogP contribution in [0.4, 0.5) is 0 Å². The van der Waals surface area contributed by atoms with E-state index < -0.39 is 0 Å². The van der Waals surface area contributed by atoms with Crippen LogP contribution in [0.2, 0.25) is 0 Å². The molecule has 1 aromatic rings. The molecule has 1 heterocycles. The minimum atomic E-state index is -0.274. The molecule has 1 rings (SSSR count). The van der Waals surface area contributed by atoms with Crippen molar-refractivity contribution in [1.29, 1.82) is 0 Å². The summed E-state index contributed by atoms with van der Waals surface area (Å²) in [6.45, 7) is 5.73. The van der Waals surface area contributed by atoms with Gasteiger partial charge in [0.1, 0.15) is 4.88 Å². The van der Waals surface area contributed by atoms with Crippen molar-refractivity contribution in [3.05, 3.63) is 16.1 Å². The number of aryl methyl sites for hydroxylation is 1. The highest BCUT2D eigenvalue weighted by molar-refractivity contribution is 7.80. The molecule has 1 unspecified atom stereocenters. The highest BCUT2D eigenvalue weighted by Gasteiger charge is 2.21. The lowest BCUT2D eigenvalue weighted by atomic mass is 10.0. The summed E-state index contributed by atoms with van der Waals surface area (Å²) in [6, 6.07) is -0.274. The Morgan fingerprint density at radius 3 is 2.62 bits per heavy atom. The first-order valence-corrected chi connectivity index (χ1v) is 6.22. The van der Waals surface area contributed by atoms with Crippen molar-refractivity contribution in [3.63, 3.8) is 0 Å². The third-order valence-electron chi connectivity index (χ3n) is 2.21. The zero-order valence-electron chi connectivity index (χ0n) is 9.48. The fourth-order valence-electron chi connectivity index (χ4n) is 1.29. The summed E-state index contributed by atoms with van der Waals surface area (Å²) >= 11 is 6.24. The lowest BCUT2D eigenvalue weighted by molar-refractivity contribution is 0.0943. The van der Waals surface area contributed by atoms with Crippen molar-refractivity contribution in [2.24, 2.45) is 11.7 Å². The quantitative estimate of drug-likeness (QED) is 0.802. The van der Waals surface area contributed by atoms with Gasteiger partial charge in [-0.1, -0.05) is 26.1 Å². The Morgan fingerprint density at radius 2 is 2.25 bits per heavy atom. The number of nitrogens with two attached hydrogens (primary N) is 1. The Hall–Kier alpha value is -1.01. The Kier molecular flexibility index (Phi) is 4.37. The van der Waals surface area contributed by atoms with E-state index in [1.54, 1.807) is 12.4 Å². The molecule has 0 aromatic carbocycles. The van der Waals surface area contributed by atoms with Gasteiger partial charge in [-0.15, -0.1) is 11.3 Å². The van der Waals surface area contributed by atoms with Crippen molar-refractivity contribution in [1.82, 2.24) is 10.3 Å². The smallest absolute Gasteiger partial charge is 0.263 e. The van der Waals surface area contributed by atoms with Gasteiger partial charge in [0.15, 0.2) is 0 Å². The normalized spacial score (nSPS) is 12.5. The molecule has 3 N–H and O–H groups in total. The number of nitrogens with one attached hydrogen (secondary N) is 1. The fraction of sp³-hybridized carbons (Fsp3) is 0.500. The lowest BCUT2D eigenvalue weighted by Crippen LogP contribution is -2.46. The van der Waals surface area contributed by atoms with Gasteiger partial charge in [-0.25, -0.2) is 4.98 Å². The van der Waals surface area contributed by atoms with Gasteiger partial charge >= 0.3 is 0 Å². The molecular weight excluding hydrogens is 242 g/mol. The molecule has 1 atom stereocenters. The molecule has 0 fully saturated rings. The first-order valence-electron chi connectivity index (χ1n) is 4.93. The van der Waals surface area contributed by atoms with E-state index >= 15 is 0 Å². The average molecular weight is 257 g/mol. The number of thiocarbonyl (C=S) groups is 1. The van der Waals surface area contributed by atoms with E-state index in [-0.39, 0.29) is 17.9 Å². The van der Waals surface area contributed by atoms with Crippen LogP contribution in [0.15, 0.2) is 5.51 Å². The SMILES string of the molecule is Cc1ncsc1C(=O)NC(C(N)=S)C(C)C. The van der Waals surface area contributed by atoms with Gasteiger partial charge in [0.2, 0.25) is 0 Å². The summed E-state index contributed by atoms with van der Waals surface area (Å²) in [6.07, 6.45) is 0. The first-order chi connectivity index (χ1) is 7.43. The number of thiazole rings is 1. The Balaban J connectivity index is 2.77. The Morgan fingerprint density at radius 1 is 1.62 bits per heavy atom. The molecule has 1 amide bonds.